The molecule has 23 heavy (non-hydrogen) atoms. The third kappa shape index (κ3) is 2.59. The van der Waals surface area contributed by atoms with Crippen molar-refractivity contribution >= 4 is 0 Å². The van der Waals surface area contributed by atoms with Crippen LogP contribution in [0.15, 0.2) is 48.5 Å². The molecule has 1 aliphatic carbocycles. The Morgan fingerprint density at radius 3 is 2.43 bits per heavy atom. The van der Waals surface area contributed by atoms with Gasteiger partial charge in [-0.1, -0.05) is 42.0 Å². The third-order valence-electron chi connectivity index (χ3n) is 4.73. The van der Waals surface area contributed by atoms with E-state index in [-0.39, 0.29) is 0 Å². The van der Waals surface area contributed by atoms with Crippen LogP contribution >= 0.6 is 0 Å². The summed E-state index contributed by atoms with van der Waals surface area (Å²) < 4.78 is 2.16. The summed E-state index contributed by atoms with van der Waals surface area (Å²) in [6, 6.07) is 17.5. The Kier molecular flexibility index (Phi) is 3.53. The van der Waals surface area contributed by atoms with Gasteiger partial charge in [0.2, 0.25) is 0 Å². The smallest absolute Gasteiger partial charge is 0.0775 e. The topological polar surface area (TPSA) is 17.8 Å². The van der Waals surface area contributed by atoms with E-state index in [1.165, 1.54) is 46.5 Å². The Morgan fingerprint density at radius 2 is 1.65 bits per heavy atom. The van der Waals surface area contributed by atoms with Gasteiger partial charge in [0.1, 0.15) is 0 Å². The van der Waals surface area contributed by atoms with Crippen LogP contribution in [0.2, 0.25) is 0 Å². The highest BCUT2D eigenvalue weighted by molar-refractivity contribution is 5.68. The van der Waals surface area contributed by atoms with Crippen molar-refractivity contribution in [1.29, 1.82) is 0 Å². The van der Waals surface area contributed by atoms with Gasteiger partial charge in [0, 0.05) is 11.1 Å². The molecule has 0 spiro atoms. The number of benzene rings is 2. The maximum absolute atomic E-state index is 4.98. The second-order valence-corrected chi connectivity index (χ2v) is 6.60. The molecule has 0 atom stereocenters. The normalized spacial score (nSPS) is 13.8. The van der Waals surface area contributed by atoms with Crippen molar-refractivity contribution < 1.29 is 0 Å². The maximum Gasteiger partial charge on any atom is 0.0775 e. The molecule has 1 aromatic heterocycles. The van der Waals surface area contributed by atoms with Gasteiger partial charge in [-0.25, -0.2) is 4.68 Å². The molecular formula is C21H22N2. The van der Waals surface area contributed by atoms with Crippen LogP contribution in [0.25, 0.3) is 16.9 Å². The van der Waals surface area contributed by atoms with Crippen LogP contribution < -0.4 is 0 Å². The number of aromatic nitrogens is 2. The summed E-state index contributed by atoms with van der Waals surface area (Å²) in [6.07, 6.45) is 4.77. The lowest BCUT2D eigenvalue weighted by Gasteiger charge is -2.13. The number of aryl methyl sites for hydroxylation is 3. The lowest BCUT2D eigenvalue weighted by molar-refractivity contribution is 0.671. The Labute approximate surface area is 137 Å². The second kappa shape index (κ2) is 5.69. The van der Waals surface area contributed by atoms with E-state index in [2.05, 4.69) is 67.1 Å². The number of fused-ring (bicyclic) bond motifs is 1. The number of nitrogens with zero attached hydrogens (tertiary/aromatic N) is 2. The van der Waals surface area contributed by atoms with Crippen LogP contribution in [-0.4, -0.2) is 9.78 Å². The van der Waals surface area contributed by atoms with E-state index in [1.54, 1.807) is 0 Å². The van der Waals surface area contributed by atoms with Crippen molar-refractivity contribution in [3.8, 4) is 16.9 Å². The highest BCUT2D eigenvalue weighted by Gasteiger charge is 2.22. The van der Waals surface area contributed by atoms with Gasteiger partial charge in [0.15, 0.2) is 0 Å². The highest BCUT2D eigenvalue weighted by atomic mass is 15.3. The molecule has 0 aliphatic heterocycles. The summed E-state index contributed by atoms with van der Waals surface area (Å²) in [6.45, 7) is 4.27. The minimum Gasteiger partial charge on any atom is -0.233 e. The molecule has 2 nitrogen and oxygen atoms in total. The third-order valence-corrected chi connectivity index (χ3v) is 4.73. The first-order chi connectivity index (χ1) is 11.2. The summed E-state index contributed by atoms with van der Waals surface area (Å²) >= 11 is 0. The van der Waals surface area contributed by atoms with Crippen LogP contribution in [0.3, 0.4) is 0 Å². The molecule has 2 aromatic carbocycles. The van der Waals surface area contributed by atoms with Crippen LogP contribution in [0.1, 0.15) is 35.2 Å². The van der Waals surface area contributed by atoms with Crippen molar-refractivity contribution in [1.82, 2.24) is 9.78 Å². The van der Waals surface area contributed by atoms with Crippen LogP contribution in [0.4, 0.5) is 0 Å². The van der Waals surface area contributed by atoms with E-state index in [9.17, 15) is 0 Å². The number of rotatable bonds is 2. The van der Waals surface area contributed by atoms with Gasteiger partial charge in [-0.15, -0.1) is 0 Å². The molecule has 0 saturated carbocycles. The Morgan fingerprint density at radius 1 is 0.870 bits per heavy atom. The molecule has 0 unspecified atom stereocenters. The van der Waals surface area contributed by atoms with Gasteiger partial charge in [0.25, 0.3) is 0 Å². The molecule has 0 radical (unpaired) electrons. The zero-order valence-corrected chi connectivity index (χ0v) is 13.8. The minimum absolute atomic E-state index is 1.10. The van der Waals surface area contributed by atoms with Crippen molar-refractivity contribution in [3.05, 3.63) is 70.9 Å². The van der Waals surface area contributed by atoms with Gasteiger partial charge in [-0.3, -0.25) is 0 Å². The average molecular weight is 302 g/mol. The fourth-order valence-corrected chi connectivity index (χ4v) is 3.51. The van der Waals surface area contributed by atoms with Gasteiger partial charge in [-0.2, -0.15) is 5.10 Å². The van der Waals surface area contributed by atoms with E-state index < -0.39 is 0 Å². The molecule has 116 valence electrons. The summed E-state index contributed by atoms with van der Waals surface area (Å²) in [4.78, 5) is 0. The maximum atomic E-state index is 4.98. The Hall–Kier alpha value is -2.35. The molecule has 0 N–H and O–H groups in total. The summed E-state index contributed by atoms with van der Waals surface area (Å²) in [7, 11) is 0. The van der Waals surface area contributed by atoms with Crippen molar-refractivity contribution in [2.24, 2.45) is 0 Å². The standard InChI is InChI=1S/C21H22N2/c1-15-10-12-17(13-11-15)21-19-8-3-4-9-20(19)22-23(21)18-7-5-6-16(2)14-18/h5-7,10-14H,3-4,8-9H2,1-2H3. The molecule has 1 aliphatic rings. The van der Waals surface area contributed by atoms with Crippen LogP contribution in [0.5, 0.6) is 0 Å². The molecule has 0 fully saturated rings. The van der Waals surface area contributed by atoms with Crippen LogP contribution in [0, 0.1) is 13.8 Å². The van der Waals surface area contributed by atoms with Crippen LogP contribution in [-0.2, 0) is 12.8 Å². The molecule has 0 amide bonds. The highest BCUT2D eigenvalue weighted by Crippen LogP contribution is 2.33. The largest absolute Gasteiger partial charge is 0.233 e. The summed E-state index contributed by atoms with van der Waals surface area (Å²) in [5.74, 6) is 0. The fraction of sp³-hybridized carbons (Fsp3) is 0.286. The molecular weight excluding hydrogens is 280 g/mol. The predicted octanol–water partition coefficient (Wildman–Crippen LogP) is 5.03. The van der Waals surface area contributed by atoms with E-state index >= 15 is 0 Å². The molecule has 0 saturated heterocycles. The fourth-order valence-electron chi connectivity index (χ4n) is 3.51. The molecule has 2 heteroatoms. The van der Waals surface area contributed by atoms with E-state index in [0.717, 1.165) is 18.5 Å². The second-order valence-electron chi connectivity index (χ2n) is 6.60. The zero-order chi connectivity index (χ0) is 15.8. The first-order valence-corrected chi connectivity index (χ1v) is 8.47. The molecule has 4 rings (SSSR count). The summed E-state index contributed by atoms with van der Waals surface area (Å²) in [5.41, 5.74) is 9.01. The SMILES string of the molecule is Cc1ccc(-c2c3c(nn2-c2cccc(C)c2)CCCC3)cc1. The van der Waals surface area contributed by atoms with E-state index in [1.807, 2.05) is 0 Å². The molecule has 0 bridgehead atoms. The lowest BCUT2D eigenvalue weighted by atomic mass is 9.93. The zero-order valence-electron chi connectivity index (χ0n) is 13.8. The number of hydrogen-bond donors (Lipinski definition) is 0. The lowest BCUT2D eigenvalue weighted by Crippen LogP contribution is -2.01. The predicted molar refractivity (Wildman–Crippen MR) is 95.1 cm³/mol. The molecule has 1 heterocycles. The Bertz CT molecular complexity index is 841. The Balaban J connectivity index is 1.95. The van der Waals surface area contributed by atoms with E-state index in [0.29, 0.717) is 0 Å². The molecule has 3 aromatic rings. The quantitative estimate of drug-likeness (QED) is 0.649. The average Bonchev–Trinajstić information content (AvgIpc) is 2.95. The first-order valence-electron chi connectivity index (χ1n) is 8.47. The summed E-state index contributed by atoms with van der Waals surface area (Å²) in [5, 5.41) is 4.98. The van der Waals surface area contributed by atoms with Gasteiger partial charge >= 0.3 is 0 Å². The number of hydrogen-bond acceptors (Lipinski definition) is 1. The van der Waals surface area contributed by atoms with Gasteiger partial charge in [0.05, 0.1) is 17.1 Å². The van der Waals surface area contributed by atoms with Crippen molar-refractivity contribution in [2.75, 3.05) is 0 Å². The first kappa shape index (κ1) is 14.3. The van der Waals surface area contributed by atoms with E-state index in [4.69, 9.17) is 5.10 Å². The van der Waals surface area contributed by atoms with Crippen molar-refractivity contribution in [3.63, 3.8) is 0 Å². The minimum atomic E-state index is 1.10. The van der Waals surface area contributed by atoms with Crippen molar-refractivity contribution in [2.45, 2.75) is 39.5 Å². The monoisotopic (exact) mass is 302 g/mol. The van der Waals surface area contributed by atoms with Gasteiger partial charge in [-0.05, 0) is 57.2 Å². The van der Waals surface area contributed by atoms with Gasteiger partial charge < -0.3 is 0 Å².